The summed E-state index contributed by atoms with van der Waals surface area (Å²) >= 11 is 3.38. The van der Waals surface area contributed by atoms with Crippen LogP contribution in [0.5, 0.6) is 11.5 Å². The largest absolute Gasteiger partial charge is 0.489 e. The van der Waals surface area contributed by atoms with E-state index >= 15 is 0 Å². The van der Waals surface area contributed by atoms with Crippen LogP contribution in [0.15, 0.2) is 77.0 Å². The molecule has 1 aliphatic heterocycles. The third-order valence-electron chi connectivity index (χ3n) is 4.16. The summed E-state index contributed by atoms with van der Waals surface area (Å²) < 4.78 is 26.0. The quantitative estimate of drug-likeness (QED) is 0.497. The monoisotopic (exact) mass is 424 g/mol. The topological polar surface area (TPSA) is 35.5 Å². The number of carbonyl (C=O) groups is 1. The molecule has 1 heterocycles. The van der Waals surface area contributed by atoms with Crippen molar-refractivity contribution in [2.24, 2.45) is 0 Å². The highest BCUT2D eigenvalue weighted by Crippen LogP contribution is 2.35. The zero-order valence-electron chi connectivity index (χ0n) is 14.1. The summed E-state index contributed by atoms with van der Waals surface area (Å²) in [6.07, 6.45) is 1.70. The number of fused-ring (bicyclic) bond motifs is 1. The van der Waals surface area contributed by atoms with E-state index in [1.807, 2.05) is 24.3 Å². The third-order valence-corrected chi connectivity index (χ3v) is 4.69. The molecule has 0 amide bonds. The Kier molecular flexibility index (Phi) is 4.77. The van der Waals surface area contributed by atoms with E-state index in [0.29, 0.717) is 22.6 Å². The predicted octanol–water partition coefficient (Wildman–Crippen LogP) is 5.78. The van der Waals surface area contributed by atoms with Crippen molar-refractivity contribution in [2.45, 2.75) is 6.61 Å². The van der Waals surface area contributed by atoms with Crippen molar-refractivity contribution in [3.63, 3.8) is 0 Å². The average molecular weight is 425 g/mol. The van der Waals surface area contributed by atoms with Gasteiger partial charge in [0.2, 0.25) is 5.78 Å². The normalized spacial score (nSPS) is 14.1. The highest BCUT2D eigenvalue weighted by atomic mass is 79.9. The molecule has 5 heteroatoms. The van der Waals surface area contributed by atoms with Gasteiger partial charge in [0.1, 0.15) is 23.9 Å². The Bertz CT molecular complexity index is 1040. The van der Waals surface area contributed by atoms with Gasteiger partial charge in [0.15, 0.2) is 5.76 Å². The lowest BCUT2D eigenvalue weighted by Crippen LogP contribution is -1.98. The van der Waals surface area contributed by atoms with Crippen LogP contribution in [0.25, 0.3) is 6.08 Å². The molecule has 3 nitrogen and oxygen atoms in total. The Morgan fingerprint density at radius 3 is 2.59 bits per heavy atom. The van der Waals surface area contributed by atoms with Gasteiger partial charge in [0.25, 0.3) is 0 Å². The Balaban J connectivity index is 1.52. The molecular weight excluding hydrogens is 411 g/mol. The van der Waals surface area contributed by atoms with E-state index in [9.17, 15) is 9.18 Å². The van der Waals surface area contributed by atoms with Crippen LogP contribution in [-0.2, 0) is 6.61 Å². The fourth-order valence-corrected chi connectivity index (χ4v) is 3.01. The molecule has 0 fully saturated rings. The van der Waals surface area contributed by atoms with Crippen LogP contribution in [0.3, 0.4) is 0 Å². The first-order valence-electron chi connectivity index (χ1n) is 8.30. The Hall–Kier alpha value is -2.92. The Morgan fingerprint density at radius 1 is 1.04 bits per heavy atom. The molecule has 0 saturated carbocycles. The van der Waals surface area contributed by atoms with Gasteiger partial charge in [-0.15, -0.1) is 0 Å². The number of ketones is 1. The van der Waals surface area contributed by atoms with Crippen molar-refractivity contribution in [1.82, 2.24) is 0 Å². The molecule has 0 unspecified atom stereocenters. The van der Waals surface area contributed by atoms with Crippen LogP contribution in [-0.4, -0.2) is 5.78 Å². The molecule has 4 rings (SSSR count). The van der Waals surface area contributed by atoms with Crippen molar-refractivity contribution < 1.29 is 18.7 Å². The minimum Gasteiger partial charge on any atom is -0.489 e. The van der Waals surface area contributed by atoms with Crippen molar-refractivity contribution in [1.29, 1.82) is 0 Å². The van der Waals surface area contributed by atoms with Gasteiger partial charge in [0, 0.05) is 16.1 Å². The summed E-state index contributed by atoms with van der Waals surface area (Å²) in [5.74, 6) is 0.723. The number of Topliss-reactive ketones (excluding diaryl/α,β-unsaturated/α-hetero) is 1. The number of ether oxygens (including phenoxy) is 2. The maximum Gasteiger partial charge on any atom is 0.231 e. The second-order valence-corrected chi connectivity index (χ2v) is 6.95. The van der Waals surface area contributed by atoms with E-state index in [2.05, 4.69) is 15.9 Å². The fourth-order valence-electron chi connectivity index (χ4n) is 2.74. The fraction of sp³-hybridized carbons (Fsp3) is 0.0455. The summed E-state index contributed by atoms with van der Waals surface area (Å²) in [5, 5.41) is 0. The van der Waals surface area contributed by atoms with Crippen molar-refractivity contribution in [2.75, 3.05) is 0 Å². The first kappa shape index (κ1) is 17.5. The molecular formula is C22H14BrFO3. The summed E-state index contributed by atoms with van der Waals surface area (Å²) in [7, 11) is 0. The van der Waals surface area contributed by atoms with Crippen LogP contribution in [0, 0.1) is 5.82 Å². The van der Waals surface area contributed by atoms with Crippen molar-refractivity contribution >= 4 is 27.8 Å². The second kappa shape index (κ2) is 7.37. The van der Waals surface area contributed by atoms with Crippen LogP contribution in [0.2, 0.25) is 0 Å². The molecule has 1 aliphatic rings. The number of allylic oxidation sites excluding steroid dienone is 1. The van der Waals surface area contributed by atoms with Gasteiger partial charge < -0.3 is 9.47 Å². The van der Waals surface area contributed by atoms with Crippen LogP contribution in [0.4, 0.5) is 4.39 Å². The minimum absolute atomic E-state index is 0.0982. The molecule has 0 N–H and O–H groups in total. The van der Waals surface area contributed by atoms with E-state index in [-0.39, 0.29) is 24.0 Å². The number of carbonyl (C=O) groups excluding carboxylic acids is 1. The second-order valence-electron chi connectivity index (χ2n) is 6.03. The summed E-state index contributed by atoms with van der Waals surface area (Å²) in [4.78, 5) is 12.5. The molecule has 0 radical (unpaired) electrons. The highest BCUT2D eigenvalue weighted by Gasteiger charge is 2.27. The van der Waals surface area contributed by atoms with Gasteiger partial charge >= 0.3 is 0 Å². The number of hydrogen-bond donors (Lipinski definition) is 0. The number of halogens is 2. The summed E-state index contributed by atoms with van der Waals surface area (Å²) in [5.41, 5.74) is 1.81. The van der Waals surface area contributed by atoms with E-state index < -0.39 is 0 Å². The van der Waals surface area contributed by atoms with Crippen molar-refractivity contribution in [3.8, 4) is 11.5 Å². The van der Waals surface area contributed by atoms with Gasteiger partial charge in [-0.25, -0.2) is 4.39 Å². The molecule has 0 atom stereocenters. The van der Waals surface area contributed by atoms with E-state index in [1.165, 1.54) is 6.07 Å². The molecule has 134 valence electrons. The van der Waals surface area contributed by atoms with E-state index in [1.54, 1.807) is 42.5 Å². The molecule has 27 heavy (non-hydrogen) atoms. The molecule has 0 spiro atoms. The molecule has 0 aromatic heterocycles. The summed E-state index contributed by atoms with van der Waals surface area (Å²) in [6.45, 7) is 0.0982. The molecule has 0 aliphatic carbocycles. The smallest absolute Gasteiger partial charge is 0.231 e. The zero-order chi connectivity index (χ0) is 18.8. The molecule has 3 aromatic carbocycles. The van der Waals surface area contributed by atoms with Crippen LogP contribution >= 0.6 is 15.9 Å². The number of hydrogen-bond acceptors (Lipinski definition) is 3. The first-order valence-corrected chi connectivity index (χ1v) is 9.09. The third kappa shape index (κ3) is 3.78. The lowest BCUT2D eigenvalue weighted by Gasteiger charge is -2.08. The number of benzene rings is 3. The first-order chi connectivity index (χ1) is 13.1. The van der Waals surface area contributed by atoms with E-state index in [4.69, 9.17) is 9.47 Å². The van der Waals surface area contributed by atoms with Gasteiger partial charge in [-0.1, -0.05) is 46.3 Å². The molecule has 0 saturated heterocycles. The average Bonchev–Trinajstić information content (AvgIpc) is 2.98. The van der Waals surface area contributed by atoms with Gasteiger partial charge in [-0.2, -0.15) is 0 Å². The Morgan fingerprint density at radius 2 is 1.81 bits per heavy atom. The SMILES string of the molecule is O=C1C(=Cc2ccc(Br)cc2)Oc2cc(OCc3ccccc3F)ccc21. The molecule has 3 aromatic rings. The van der Waals surface area contributed by atoms with Crippen molar-refractivity contribution in [3.05, 3.63) is 99.5 Å². The summed E-state index contributed by atoms with van der Waals surface area (Å²) in [6, 6.07) is 19.0. The Labute approximate surface area is 164 Å². The molecule has 0 bridgehead atoms. The van der Waals surface area contributed by atoms with Crippen LogP contribution < -0.4 is 9.47 Å². The standard InChI is InChI=1S/C22H14BrFO3/c23-16-7-5-14(6-8-16)11-21-22(25)18-10-9-17(12-20(18)27-21)26-13-15-3-1-2-4-19(15)24/h1-12H,13H2. The van der Waals surface area contributed by atoms with Gasteiger partial charge in [-0.3, -0.25) is 4.79 Å². The highest BCUT2D eigenvalue weighted by molar-refractivity contribution is 9.10. The van der Waals surface area contributed by atoms with Crippen LogP contribution in [0.1, 0.15) is 21.5 Å². The van der Waals surface area contributed by atoms with Gasteiger partial charge in [0.05, 0.1) is 5.56 Å². The lowest BCUT2D eigenvalue weighted by molar-refractivity contribution is 0.101. The minimum atomic E-state index is -0.315. The maximum absolute atomic E-state index is 13.7. The lowest BCUT2D eigenvalue weighted by atomic mass is 10.1. The number of rotatable bonds is 4. The maximum atomic E-state index is 13.7. The van der Waals surface area contributed by atoms with E-state index in [0.717, 1.165) is 10.0 Å². The zero-order valence-corrected chi connectivity index (χ0v) is 15.7. The van der Waals surface area contributed by atoms with Gasteiger partial charge in [-0.05, 0) is 42.0 Å². The predicted molar refractivity (Wildman–Crippen MR) is 104 cm³/mol.